The summed E-state index contributed by atoms with van der Waals surface area (Å²) in [6, 6.07) is 13.9. The number of nitrogens with zero attached hydrogens (tertiary/aromatic N) is 2. The summed E-state index contributed by atoms with van der Waals surface area (Å²) in [5, 5.41) is 3.16. The molecule has 238 valence electrons. The Morgan fingerprint density at radius 1 is 0.933 bits per heavy atom. The van der Waals surface area contributed by atoms with E-state index < -0.39 is 34.7 Å². The number of carbonyl (C=O) groups is 1. The van der Waals surface area contributed by atoms with Crippen LogP contribution in [0.2, 0.25) is 0 Å². The Hall–Kier alpha value is -4.64. The van der Waals surface area contributed by atoms with Crippen LogP contribution in [-0.4, -0.2) is 35.4 Å². The normalized spacial score (nSPS) is 11.8. The smallest absolute Gasteiger partial charge is 0.331 e. The number of halogens is 3. The zero-order chi connectivity index (χ0) is 32.7. The molecular formula is C34H36F3N3O5. The van der Waals surface area contributed by atoms with Gasteiger partial charge < -0.3 is 14.8 Å². The average Bonchev–Trinajstić information content (AvgIpc) is 3.01. The molecule has 45 heavy (non-hydrogen) atoms. The molecule has 0 aliphatic carbocycles. The second kappa shape index (κ2) is 14.9. The Bertz CT molecular complexity index is 1780. The van der Waals surface area contributed by atoms with Gasteiger partial charge in [-0.25, -0.2) is 18.0 Å². The van der Waals surface area contributed by atoms with Gasteiger partial charge in [0.15, 0.2) is 11.6 Å². The number of benzene rings is 3. The molecule has 8 nitrogen and oxygen atoms in total. The molecule has 3 aromatic carbocycles. The summed E-state index contributed by atoms with van der Waals surface area (Å²) < 4.78 is 57.9. The third-order valence-electron chi connectivity index (χ3n) is 7.71. The lowest BCUT2D eigenvalue weighted by atomic mass is 10.0. The monoisotopic (exact) mass is 623 g/mol. The molecule has 1 N–H and O–H groups in total. The predicted molar refractivity (Wildman–Crippen MR) is 165 cm³/mol. The van der Waals surface area contributed by atoms with Crippen molar-refractivity contribution in [2.24, 2.45) is 0 Å². The van der Waals surface area contributed by atoms with Gasteiger partial charge >= 0.3 is 11.7 Å². The Balaban J connectivity index is 1.88. The molecule has 1 aromatic heterocycles. The predicted octanol–water partition coefficient (Wildman–Crippen LogP) is 5.44. The van der Waals surface area contributed by atoms with Gasteiger partial charge in [0.25, 0.3) is 5.56 Å². The van der Waals surface area contributed by atoms with E-state index in [2.05, 4.69) is 5.32 Å². The highest BCUT2D eigenvalue weighted by molar-refractivity contribution is 5.69. The summed E-state index contributed by atoms with van der Waals surface area (Å²) in [6.07, 6.45) is 0.465. The van der Waals surface area contributed by atoms with Gasteiger partial charge in [0.2, 0.25) is 0 Å². The minimum absolute atomic E-state index is 0.102. The number of hydrogen-bond acceptors (Lipinski definition) is 6. The fraction of sp³-hybridized carbons (Fsp3) is 0.324. The minimum Gasteiger partial charge on any atom is -0.494 e. The van der Waals surface area contributed by atoms with Crippen LogP contribution < -0.4 is 21.3 Å². The summed E-state index contributed by atoms with van der Waals surface area (Å²) in [5.74, 6) is -2.40. The van der Waals surface area contributed by atoms with Gasteiger partial charge in [-0.2, -0.15) is 0 Å². The maximum absolute atomic E-state index is 15.6. The molecule has 0 spiro atoms. The SMILES string of the molecule is CCOC(=O)CCCN[C@@H](Cn1c(=O)c(-c2cccc(OC)c2F)c(C)n(Cc2c(C)cccc2F)c1=O)c1ccccc1F. The lowest BCUT2D eigenvalue weighted by molar-refractivity contribution is -0.143. The van der Waals surface area contributed by atoms with Crippen LogP contribution in [0.5, 0.6) is 5.75 Å². The standard InChI is InChI=1S/C34H36F3N3O5/c1-5-45-30(41)17-10-18-38-28(23-12-6-7-14-26(23)35)20-40-33(42)31(24-13-9-16-29(44-4)32(24)37)22(3)39(34(40)43)19-25-21(2)11-8-15-27(25)36/h6-9,11-16,28,38H,5,10,17-20H2,1-4H3/t28-/m0/s1. The molecule has 0 saturated heterocycles. The van der Waals surface area contributed by atoms with Crippen molar-refractivity contribution in [2.75, 3.05) is 20.3 Å². The number of aryl methyl sites for hydroxylation is 1. The van der Waals surface area contributed by atoms with Gasteiger partial charge in [-0.3, -0.25) is 18.7 Å². The van der Waals surface area contributed by atoms with E-state index >= 15 is 8.78 Å². The number of carbonyl (C=O) groups excluding carboxylic acids is 1. The largest absolute Gasteiger partial charge is 0.494 e. The van der Waals surface area contributed by atoms with Crippen LogP contribution in [-0.2, 0) is 22.6 Å². The Morgan fingerprint density at radius 3 is 2.33 bits per heavy atom. The first-order valence-electron chi connectivity index (χ1n) is 14.6. The van der Waals surface area contributed by atoms with Gasteiger partial charge in [0.05, 0.1) is 38.4 Å². The van der Waals surface area contributed by atoms with Crippen LogP contribution in [0.1, 0.15) is 48.2 Å². The van der Waals surface area contributed by atoms with Crippen molar-refractivity contribution in [3.8, 4) is 16.9 Å². The van der Waals surface area contributed by atoms with Gasteiger partial charge in [0, 0.05) is 28.8 Å². The lowest BCUT2D eigenvalue weighted by Gasteiger charge is -2.23. The molecule has 1 heterocycles. The van der Waals surface area contributed by atoms with Crippen LogP contribution in [0, 0.1) is 31.3 Å². The summed E-state index contributed by atoms with van der Waals surface area (Å²) in [6.45, 7) is 4.81. The molecule has 4 aromatic rings. The molecule has 0 saturated carbocycles. The van der Waals surface area contributed by atoms with Crippen LogP contribution in [0.25, 0.3) is 11.1 Å². The maximum Gasteiger partial charge on any atom is 0.331 e. The number of hydrogen-bond donors (Lipinski definition) is 1. The van der Waals surface area contributed by atoms with E-state index in [9.17, 15) is 18.8 Å². The number of ether oxygens (including phenoxy) is 2. The molecule has 0 aliphatic heterocycles. The van der Waals surface area contributed by atoms with Gasteiger partial charge in [0.1, 0.15) is 11.6 Å². The number of aromatic nitrogens is 2. The van der Waals surface area contributed by atoms with Crippen molar-refractivity contribution in [1.29, 1.82) is 0 Å². The molecular weight excluding hydrogens is 587 g/mol. The first kappa shape index (κ1) is 33.3. The summed E-state index contributed by atoms with van der Waals surface area (Å²) >= 11 is 0. The van der Waals surface area contributed by atoms with Crippen molar-refractivity contribution in [1.82, 2.24) is 14.5 Å². The second-order valence-corrected chi connectivity index (χ2v) is 10.5. The first-order chi connectivity index (χ1) is 21.6. The lowest BCUT2D eigenvalue weighted by Crippen LogP contribution is -2.45. The van der Waals surface area contributed by atoms with Crippen LogP contribution >= 0.6 is 0 Å². The molecule has 0 fully saturated rings. The molecule has 0 radical (unpaired) electrons. The fourth-order valence-corrected chi connectivity index (χ4v) is 5.30. The molecule has 0 unspecified atom stereocenters. The number of methoxy groups -OCH3 is 1. The van der Waals surface area contributed by atoms with Crippen molar-refractivity contribution >= 4 is 5.97 Å². The summed E-state index contributed by atoms with van der Waals surface area (Å²) in [7, 11) is 1.29. The van der Waals surface area contributed by atoms with Gasteiger partial charge in [-0.05, 0) is 57.5 Å². The number of esters is 1. The molecule has 0 aliphatic rings. The number of rotatable bonds is 13. The minimum atomic E-state index is -0.895. The molecule has 0 amide bonds. The molecule has 4 rings (SSSR count). The van der Waals surface area contributed by atoms with Gasteiger partial charge in [-0.15, -0.1) is 0 Å². The second-order valence-electron chi connectivity index (χ2n) is 10.5. The Labute approximate surface area is 259 Å². The van der Waals surface area contributed by atoms with Crippen molar-refractivity contribution in [2.45, 2.75) is 52.7 Å². The fourth-order valence-electron chi connectivity index (χ4n) is 5.30. The summed E-state index contributed by atoms with van der Waals surface area (Å²) in [5.41, 5.74) is -0.674. The highest BCUT2D eigenvalue weighted by Crippen LogP contribution is 2.29. The molecule has 1 atom stereocenters. The molecule has 11 heteroatoms. The van der Waals surface area contributed by atoms with E-state index in [1.807, 2.05) is 0 Å². The highest BCUT2D eigenvalue weighted by atomic mass is 19.1. The van der Waals surface area contributed by atoms with Crippen molar-refractivity contribution in [3.63, 3.8) is 0 Å². The van der Waals surface area contributed by atoms with Crippen LogP contribution in [0.15, 0.2) is 70.3 Å². The van der Waals surface area contributed by atoms with E-state index in [-0.39, 0.29) is 72.3 Å². The van der Waals surface area contributed by atoms with E-state index in [0.717, 1.165) is 4.57 Å². The highest BCUT2D eigenvalue weighted by Gasteiger charge is 2.25. The average molecular weight is 624 g/mol. The van der Waals surface area contributed by atoms with Crippen LogP contribution in [0.4, 0.5) is 13.2 Å². The Morgan fingerprint density at radius 2 is 1.64 bits per heavy atom. The van der Waals surface area contributed by atoms with Crippen LogP contribution in [0.3, 0.4) is 0 Å². The zero-order valence-electron chi connectivity index (χ0n) is 25.7. The van der Waals surface area contributed by atoms with E-state index in [4.69, 9.17) is 9.47 Å². The van der Waals surface area contributed by atoms with Crippen molar-refractivity contribution < 1.29 is 27.4 Å². The van der Waals surface area contributed by atoms with E-state index in [0.29, 0.717) is 12.0 Å². The van der Waals surface area contributed by atoms with Gasteiger partial charge in [-0.1, -0.05) is 42.5 Å². The van der Waals surface area contributed by atoms with E-state index in [1.54, 1.807) is 32.0 Å². The topological polar surface area (TPSA) is 91.6 Å². The summed E-state index contributed by atoms with van der Waals surface area (Å²) in [4.78, 5) is 40.0. The molecule has 0 bridgehead atoms. The first-order valence-corrected chi connectivity index (χ1v) is 14.6. The quantitative estimate of drug-likeness (QED) is 0.158. The third kappa shape index (κ3) is 7.37. The zero-order valence-corrected chi connectivity index (χ0v) is 25.7. The maximum atomic E-state index is 15.6. The van der Waals surface area contributed by atoms with Crippen molar-refractivity contribution in [3.05, 3.63) is 121 Å². The van der Waals surface area contributed by atoms with E-state index in [1.165, 1.54) is 61.1 Å². The number of nitrogens with one attached hydrogen (secondary N) is 1. The Kier molecular flexibility index (Phi) is 11.0. The third-order valence-corrected chi connectivity index (χ3v) is 7.71.